The Balaban J connectivity index is 3.30. The maximum atomic E-state index is 11.5. The van der Waals surface area contributed by atoms with Crippen LogP contribution in [-0.2, 0) is 23.8 Å². The second-order valence-corrected chi connectivity index (χ2v) is 5.41. The zero-order valence-corrected chi connectivity index (χ0v) is 14.2. The summed E-state index contributed by atoms with van der Waals surface area (Å²) in [4.78, 5) is 22.7. The lowest BCUT2D eigenvalue weighted by molar-refractivity contribution is -0.146. The first-order valence-electron chi connectivity index (χ1n) is 8.50. The van der Waals surface area contributed by atoms with Gasteiger partial charge < -0.3 is 14.2 Å². The molecule has 0 aromatic rings. The molecule has 0 saturated heterocycles. The van der Waals surface area contributed by atoms with Crippen LogP contribution in [0.15, 0.2) is 0 Å². The molecule has 0 atom stereocenters. The average Bonchev–Trinajstić information content (AvgIpc) is 2.50. The van der Waals surface area contributed by atoms with Crippen molar-refractivity contribution in [3.05, 3.63) is 0 Å². The lowest BCUT2D eigenvalue weighted by Gasteiger charge is -2.05. The Labute approximate surface area is 134 Å². The van der Waals surface area contributed by atoms with E-state index in [0.29, 0.717) is 19.6 Å². The lowest BCUT2D eigenvalue weighted by Crippen LogP contribution is -2.11. The van der Waals surface area contributed by atoms with E-state index in [0.717, 1.165) is 12.8 Å². The van der Waals surface area contributed by atoms with Crippen molar-refractivity contribution in [2.45, 2.75) is 71.1 Å². The molecule has 5 nitrogen and oxygen atoms in total. The number of hydrogen-bond acceptors (Lipinski definition) is 5. The maximum absolute atomic E-state index is 11.5. The van der Waals surface area contributed by atoms with E-state index in [1.165, 1.54) is 32.1 Å². The van der Waals surface area contributed by atoms with E-state index in [4.69, 9.17) is 14.2 Å². The average molecular weight is 316 g/mol. The van der Waals surface area contributed by atoms with E-state index in [1.807, 2.05) is 0 Å². The molecule has 0 rings (SSSR count). The summed E-state index contributed by atoms with van der Waals surface area (Å²) >= 11 is 0. The van der Waals surface area contributed by atoms with Gasteiger partial charge in [-0.2, -0.15) is 0 Å². The molecule has 0 spiro atoms. The van der Waals surface area contributed by atoms with E-state index in [9.17, 15) is 9.59 Å². The molecular formula is C17H32O5. The van der Waals surface area contributed by atoms with Crippen LogP contribution in [-0.4, -0.2) is 38.9 Å². The molecule has 0 amide bonds. The second-order valence-electron chi connectivity index (χ2n) is 5.41. The van der Waals surface area contributed by atoms with Gasteiger partial charge in [0.25, 0.3) is 0 Å². The Morgan fingerprint density at radius 3 is 1.82 bits per heavy atom. The molecule has 0 saturated carbocycles. The molecule has 0 aromatic heterocycles. The van der Waals surface area contributed by atoms with Gasteiger partial charge in [0, 0.05) is 20.0 Å². The van der Waals surface area contributed by atoms with E-state index in [-0.39, 0.29) is 31.4 Å². The van der Waals surface area contributed by atoms with Crippen LogP contribution in [0.3, 0.4) is 0 Å². The zero-order chi connectivity index (χ0) is 16.5. The van der Waals surface area contributed by atoms with Gasteiger partial charge in [-0.15, -0.1) is 0 Å². The largest absolute Gasteiger partial charge is 0.466 e. The Bertz CT molecular complexity index is 278. The molecule has 0 radical (unpaired) electrons. The van der Waals surface area contributed by atoms with Crippen molar-refractivity contribution in [3.8, 4) is 0 Å². The zero-order valence-electron chi connectivity index (χ0n) is 14.2. The molecule has 0 N–H and O–H groups in total. The summed E-state index contributed by atoms with van der Waals surface area (Å²) in [6.45, 7) is 3.36. The van der Waals surface area contributed by atoms with Crippen LogP contribution in [0.2, 0.25) is 0 Å². The van der Waals surface area contributed by atoms with Gasteiger partial charge in [0.2, 0.25) is 0 Å². The van der Waals surface area contributed by atoms with Crippen LogP contribution in [0.25, 0.3) is 0 Å². The summed E-state index contributed by atoms with van der Waals surface area (Å²) < 4.78 is 14.8. The number of methoxy groups -OCH3 is 1. The first-order chi connectivity index (χ1) is 10.7. The molecule has 0 heterocycles. The summed E-state index contributed by atoms with van der Waals surface area (Å²) in [5.74, 6) is -0.521. The molecule has 5 heteroatoms. The summed E-state index contributed by atoms with van der Waals surface area (Å²) in [5.41, 5.74) is 0. The van der Waals surface area contributed by atoms with Gasteiger partial charge in [0.1, 0.15) is 6.61 Å². The molecule has 0 aromatic carbocycles. The van der Waals surface area contributed by atoms with Gasteiger partial charge in [-0.25, -0.2) is 0 Å². The highest BCUT2D eigenvalue weighted by Crippen LogP contribution is 2.07. The van der Waals surface area contributed by atoms with E-state index in [2.05, 4.69) is 6.92 Å². The number of unbranched alkanes of at least 4 members (excludes halogenated alkanes) is 6. The first-order valence-corrected chi connectivity index (χ1v) is 8.50. The van der Waals surface area contributed by atoms with Gasteiger partial charge in [0.15, 0.2) is 0 Å². The van der Waals surface area contributed by atoms with Gasteiger partial charge in [-0.3, -0.25) is 9.59 Å². The van der Waals surface area contributed by atoms with Crippen molar-refractivity contribution in [1.29, 1.82) is 0 Å². The summed E-state index contributed by atoms with van der Waals surface area (Å²) in [7, 11) is 1.55. The van der Waals surface area contributed by atoms with Crippen LogP contribution < -0.4 is 0 Å². The minimum Gasteiger partial charge on any atom is -0.466 e. The fourth-order valence-electron chi connectivity index (χ4n) is 2.01. The summed E-state index contributed by atoms with van der Waals surface area (Å²) in [6, 6.07) is 0. The molecule has 0 aliphatic carbocycles. The third-order valence-corrected chi connectivity index (χ3v) is 3.32. The maximum Gasteiger partial charge on any atom is 0.305 e. The molecule has 130 valence electrons. The molecule has 0 fully saturated rings. The van der Waals surface area contributed by atoms with Gasteiger partial charge in [-0.05, 0) is 12.8 Å². The fraction of sp³-hybridized carbons (Fsp3) is 0.882. The van der Waals surface area contributed by atoms with Gasteiger partial charge >= 0.3 is 11.9 Å². The number of hydrogen-bond donors (Lipinski definition) is 0. The van der Waals surface area contributed by atoms with Crippen LogP contribution in [0, 0.1) is 0 Å². The standard InChI is InChI=1S/C17H32O5/c1-3-4-5-6-7-8-9-13-21-16(18)11-10-12-17(19)22-15-14-20-2/h3-15H2,1-2H3. The van der Waals surface area contributed by atoms with Crippen LogP contribution in [0.4, 0.5) is 0 Å². The van der Waals surface area contributed by atoms with Crippen molar-refractivity contribution < 1.29 is 23.8 Å². The minimum atomic E-state index is -0.295. The molecule has 0 aliphatic heterocycles. The monoisotopic (exact) mass is 316 g/mol. The number of rotatable bonds is 15. The number of ether oxygens (including phenoxy) is 3. The smallest absolute Gasteiger partial charge is 0.305 e. The molecule has 0 bridgehead atoms. The molecular weight excluding hydrogens is 284 g/mol. The normalized spacial score (nSPS) is 10.5. The Kier molecular flexibility index (Phi) is 15.5. The highest BCUT2D eigenvalue weighted by molar-refractivity contribution is 5.72. The Morgan fingerprint density at radius 1 is 0.682 bits per heavy atom. The molecule has 0 aliphatic rings. The highest BCUT2D eigenvalue weighted by atomic mass is 16.6. The summed E-state index contributed by atoms with van der Waals surface area (Å²) in [6.07, 6.45) is 9.39. The topological polar surface area (TPSA) is 61.8 Å². The first kappa shape index (κ1) is 20.9. The van der Waals surface area contributed by atoms with Crippen molar-refractivity contribution >= 4 is 11.9 Å². The number of carbonyl (C=O) groups is 2. The predicted octanol–water partition coefficient (Wildman–Crippen LogP) is 3.64. The Morgan fingerprint density at radius 2 is 1.23 bits per heavy atom. The van der Waals surface area contributed by atoms with Crippen molar-refractivity contribution in [3.63, 3.8) is 0 Å². The summed E-state index contributed by atoms with van der Waals surface area (Å²) in [5, 5.41) is 0. The molecule has 22 heavy (non-hydrogen) atoms. The lowest BCUT2D eigenvalue weighted by atomic mass is 10.1. The van der Waals surface area contributed by atoms with E-state index >= 15 is 0 Å². The van der Waals surface area contributed by atoms with E-state index in [1.54, 1.807) is 7.11 Å². The van der Waals surface area contributed by atoms with Crippen molar-refractivity contribution in [1.82, 2.24) is 0 Å². The van der Waals surface area contributed by atoms with Crippen molar-refractivity contribution in [2.75, 3.05) is 26.9 Å². The third kappa shape index (κ3) is 15.3. The number of carbonyl (C=O) groups excluding carboxylic acids is 2. The fourth-order valence-corrected chi connectivity index (χ4v) is 2.01. The van der Waals surface area contributed by atoms with Crippen LogP contribution in [0.5, 0.6) is 0 Å². The van der Waals surface area contributed by atoms with Crippen LogP contribution >= 0.6 is 0 Å². The Hall–Kier alpha value is -1.10. The van der Waals surface area contributed by atoms with Crippen LogP contribution in [0.1, 0.15) is 71.1 Å². The van der Waals surface area contributed by atoms with E-state index < -0.39 is 0 Å². The van der Waals surface area contributed by atoms with Gasteiger partial charge in [-0.1, -0.05) is 45.4 Å². The van der Waals surface area contributed by atoms with Crippen molar-refractivity contribution in [2.24, 2.45) is 0 Å². The minimum absolute atomic E-state index is 0.226. The molecule has 0 unspecified atom stereocenters. The second kappa shape index (κ2) is 16.3. The number of esters is 2. The quantitative estimate of drug-likeness (QED) is 0.341. The SMILES string of the molecule is CCCCCCCCCOC(=O)CCCC(=O)OCCOC. The predicted molar refractivity (Wildman–Crippen MR) is 85.6 cm³/mol. The van der Waals surface area contributed by atoms with Gasteiger partial charge in [0.05, 0.1) is 13.2 Å². The third-order valence-electron chi connectivity index (χ3n) is 3.32. The highest BCUT2D eigenvalue weighted by Gasteiger charge is 2.07.